The van der Waals surface area contributed by atoms with Gasteiger partial charge in [-0.1, -0.05) is 79.7 Å². The van der Waals surface area contributed by atoms with Crippen LogP contribution in [-0.4, -0.2) is 47.0 Å². The largest absolute Gasteiger partial charge is 0.351 e. The second kappa shape index (κ2) is 12.2. The molecule has 190 valence electrons. The molecule has 5 atom stereocenters. The van der Waals surface area contributed by atoms with Gasteiger partial charge in [0.15, 0.2) is 12.1 Å². The van der Waals surface area contributed by atoms with Gasteiger partial charge in [-0.15, -0.1) is 0 Å². The van der Waals surface area contributed by atoms with Crippen LogP contribution in [0.15, 0.2) is 60.7 Å². The van der Waals surface area contributed by atoms with E-state index in [0.717, 1.165) is 25.9 Å². The molecule has 2 aromatic carbocycles. The van der Waals surface area contributed by atoms with Gasteiger partial charge in [0.1, 0.15) is 6.10 Å². The van der Waals surface area contributed by atoms with Crippen LogP contribution in [0.25, 0.3) is 0 Å². The SMILES string of the molecule is CCO[C@@H]1C[C@H]([C@H](CC(C)C)N(Cc2ccccc2)Cc2ccccc2)[C@H]2C[C@@H](C(C)=O)ON2O1. The maximum Gasteiger partial charge on any atom is 0.180 e. The van der Waals surface area contributed by atoms with Crippen LogP contribution in [0.2, 0.25) is 0 Å². The van der Waals surface area contributed by atoms with Gasteiger partial charge in [-0.05, 0) is 43.2 Å². The lowest BCUT2D eigenvalue weighted by atomic mass is 9.80. The van der Waals surface area contributed by atoms with Crippen molar-refractivity contribution >= 4 is 5.78 Å². The molecule has 0 aliphatic carbocycles. The fourth-order valence-corrected chi connectivity index (χ4v) is 5.47. The molecule has 0 radical (unpaired) electrons. The normalized spacial score (nSPS) is 25.7. The topological polar surface area (TPSA) is 51.2 Å². The summed E-state index contributed by atoms with van der Waals surface area (Å²) in [5.74, 6) is 0.793. The highest BCUT2D eigenvalue weighted by atomic mass is 17.0. The fraction of sp³-hybridized carbons (Fsp3) is 0.552. The highest BCUT2D eigenvalue weighted by Gasteiger charge is 2.50. The first-order valence-corrected chi connectivity index (χ1v) is 13.0. The Bertz CT molecular complexity index is 881. The Hall–Kier alpha value is -2.09. The van der Waals surface area contributed by atoms with Crippen LogP contribution < -0.4 is 0 Å². The van der Waals surface area contributed by atoms with Crippen LogP contribution in [0.4, 0.5) is 0 Å². The van der Waals surface area contributed by atoms with Crippen molar-refractivity contribution < 1.29 is 19.2 Å². The second-order valence-electron chi connectivity index (χ2n) is 10.3. The molecule has 0 spiro atoms. The van der Waals surface area contributed by atoms with Crippen molar-refractivity contribution in [1.29, 1.82) is 0 Å². The average Bonchev–Trinajstić information content (AvgIpc) is 3.28. The molecule has 4 rings (SSSR count). The highest BCUT2D eigenvalue weighted by Crippen LogP contribution is 2.41. The van der Waals surface area contributed by atoms with E-state index in [-0.39, 0.29) is 30.1 Å². The lowest BCUT2D eigenvalue weighted by molar-refractivity contribution is -0.441. The minimum Gasteiger partial charge on any atom is -0.351 e. The average molecular weight is 481 g/mol. The quantitative estimate of drug-likeness (QED) is 0.430. The first kappa shape index (κ1) is 26.0. The molecule has 0 saturated carbocycles. The number of hydrogen-bond acceptors (Lipinski definition) is 6. The van der Waals surface area contributed by atoms with Gasteiger partial charge in [-0.2, -0.15) is 0 Å². The molecular formula is C29H40N2O4. The second-order valence-corrected chi connectivity index (χ2v) is 10.3. The van der Waals surface area contributed by atoms with E-state index in [9.17, 15) is 4.79 Å². The van der Waals surface area contributed by atoms with Crippen molar-refractivity contribution in [1.82, 2.24) is 10.1 Å². The van der Waals surface area contributed by atoms with Gasteiger partial charge in [0, 0.05) is 38.6 Å². The summed E-state index contributed by atoms with van der Waals surface area (Å²) < 4.78 is 5.94. The fourth-order valence-electron chi connectivity index (χ4n) is 5.47. The zero-order chi connectivity index (χ0) is 24.8. The molecule has 2 fully saturated rings. The highest BCUT2D eigenvalue weighted by molar-refractivity contribution is 5.80. The van der Waals surface area contributed by atoms with E-state index in [1.54, 1.807) is 12.2 Å². The number of carbonyl (C=O) groups excluding carboxylic acids is 1. The number of hydroxylamine groups is 2. The Morgan fingerprint density at radius 3 is 2.11 bits per heavy atom. The van der Waals surface area contributed by atoms with E-state index in [1.165, 1.54) is 11.1 Å². The Kier molecular flexibility index (Phi) is 9.09. The van der Waals surface area contributed by atoms with E-state index in [0.29, 0.717) is 18.9 Å². The summed E-state index contributed by atoms with van der Waals surface area (Å²) in [5.41, 5.74) is 2.60. The minimum absolute atomic E-state index is 0.0124. The number of fused-ring (bicyclic) bond motifs is 1. The zero-order valence-electron chi connectivity index (χ0n) is 21.5. The Labute approximate surface area is 210 Å². The number of ether oxygens (including phenoxy) is 1. The molecule has 2 aliphatic heterocycles. The van der Waals surface area contributed by atoms with Gasteiger partial charge in [-0.3, -0.25) is 14.5 Å². The summed E-state index contributed by atoms with van der Waals surface area (Å²) >= 11 is 0. The van der Waals surface area contributed by atoms with Crippen molar-refractivity contribution in [2.24, 2.45) is 11.8 Å². The van der Waals surface area contributed by atoms with E-state index in [1.807, 2.05) is 6.92 Å². The zero-order valence-corrected chi connectivity index (χ0v) is 21.5. The number of benzene rings is 2. The summed E-state index contributed by atoms with van der Waals surface area (Å²) in [6.45, 7) is 10.4. The first-order chi connectivity index (χ1) is 16.9. The smallest absolute Gasteiger partial charge is 0.180 e. The van der Waals surface area contributed by atoms with Crippen molar-refractivity contribution in [3.8, 4) is 0 Å². The van der Waals surface area contributed by atoms with Gasteiger partial charge in [0.2, 0.25) is 0 Å². The van der Waals surface area contributed by atoms with Crippen LogP contribution in [0.1, 0.15) is 58.1 Å². The summed E-state index contributed by atoms with van der Waals surface area (Å²) in [4.78, 5) is 26.9. The van der Waals surface area contributed by atoms with Gasteiger partial charge >= 0.3 is 0 Å². The number of nitrogens with zero attached hydrogens (tertiary/aromatic N) is 2. The predicted molar refractivity (Wildman–Crippen MR) is 136 cm³/mol. The van der Waals surface area contributed by atoms with Gasteiger partial charge < -0.3 is 4.74 Å². The molecule has 0 unspecified atom stereocenters. The molecule has 6 nitrogen and oxygen atoms in total. The van der Waals surface area contributed by atoms with E-state index < -0.39 is 6.10 Å². The molecule has 2 aromatic rings. The van der Waals surface area contributed by atoms with Crippen LogP contribution in [0, 0.1) is 11.8 Å². The molecule has 35 heavy (non-hydrogen) atoms. The third-order valence-electron chi connectivity index (χ3n) is 7.08. The number of ketones is 1. The van der Waals surface area contributed by atoms with Crippen LogP contribution >= 0.6 is 0 Å². The molecule has 2 heterocycles. The van der Waals surface area contributed by atoms with Crippen LogP contribution in [-0.2, 0) is 32.3 Å². The maximum atomic E-state index is 12.2. The number of rotatable bonds is 11. The van der Waals surface area contributed by atoms with Gasteiger partial charge in [0.05, 0.1) is 6.04 Å². The molecular weight excluding hydrogens is 440 g/mol. The Morgan fingerprint density at radius 1 is 1.00 bits per heavy atom. The predicted octanol–water partition coefficient (Wildman–Crippen LogP) is 5.38. The van der Waals surface area contributed by atoms with Crippen molar-refractivity contribution in [2.45, 2.75) is 84.5 Å². The maximum absolute atomic E-state index is 12.2. The van der Waals surface area contributed by atoms with Crippen LogP contribution in [0.3, 0.4) is 0 Å². The molecule has 0 amide bonds. The molecule has 2 saturated heterocycles. The summed E-state index contributed by atoms with van der Waals surface area (Å²) in [7, 11) is 0. The minimum atomic E-state index is -0.459. The summed E-state index contributed by atoms with van der Waals surface area (Å²) in [6.07, 6.45) is 1.63. The van der Waals surface area contributed by atoms with Gasteiger partial charge in [-0.25, -0.2) is 4.84 Å². The Balaban J connectivity index is 1.68. The Morgan fingerprint density at radius 2 is 1.60 bits per heavy atom. The molecule has 6 heteroatoms. The molecule has 0 aromatic heterocycles. The van der Waals surface area contributed by atoms with E-state index >= 15 is 0 Å². The third-order valence-corrected chi connectivity index (χ3v) is 7.08. The van der Waals surface area contributed by atoms with Crippen molar-refractivity contribution in [3.05, 3.63) is 71.8 Å². The number of Topliss-reactive ketones (excluding diaryl/α,β-unsaturated/α-hetero) is 1. The standard InChI is InChI=1S/C29H40N2O4/c1-5-33-29-17-25(27-18-28(22(4)32)34-31(27)35-29)26(16-21(2)3)30(19-23-12-8-6-9-13-23)20-24-14-10-7-11-15-24/h6-15,21,25-29H,5,16-20H2,1-4H3/t25-,26+,27-,28+,29+/m1/s1. The third kappa shape index (κ3) is 6.78. The van der Waals surface area contributed by atoms with E-state index in [2.05, 4.69) is 79.4 Å². The molecule has 0 N–H and O–H groups in total. The lowest BCUT2D eigenvalue weighted by Crippen LogP contribution is -2.54. The first-order valence-electron chi connectivity index (χ1n) is 13.0. The van der Waals surface area contributed by atoms with E-state index in [4.69, 9.17) is 14.4 Å². The van der Waals surface area contributed by atoms with Gasteiger partial charge in [0.25, 0.3) is 0 Å². The number of carbonyl (C=O) groups is 1. The lowest BCUT2D eigenvalue weighted by Gasteiger charge is -2.46. The monoisotopic (exact) mass is 480 g/mol. The van der Waals surface area contributed by atoms with Crippen molar-refractivity contribution in [3.63, 3.8) is 0 Å². The molecule has 2 aliphatic rings. The number of hydrogen-bond donors (Lipinski definition) is 0. The van der Waals surface area contributed by atoms with Crippen LogP contribution in [0.5, 0.6) is 0 Å². The molecule has 0 bridgehead atoms. The summed E-state index contributed by atoms with van der Waals surface area (Å²) in [6, 6.07) is 21.7. The summed E-state index contributed by atoms with van der Waals surface area (Å²) in [5, 5.41) is 1.59. The van der Waals surface area contributed by atoms with Crippen molar-refractivity contribution in [2.75, 3.05) is 6.61 Å².